The molecule has 0 aliphatic heterocycles. The molecule has 1 N–H and O–H groups in total. The maximum absolute atomic E-state index is 10.8. The maximum Gasteiger partial charge on any atom is 0.253 e. The molecule has 1 heterocycles. The van der Waals surface area contributed by atoms with Crippen LogP contribution >= 0.6 is 0 Å². The van der Waals surface area contributed by atoms with E-state index in [0.717, 1.165) is 0 Å². The first-order chi connectivity index (χ1) is 4.84. The Morgan fingerprint density at radius 3 is 3.10 bits per heavy atom. The molecule has 1 aromatic heterocycles. The number of carbonyl (C=O) groups is 1. The van der Waals surface area contributed by atoms with Crippen LogP contribution in [-0.2, 0) is 0 Å². The quantitative estimate of drug-likeness (QED) is 0.599. The molecule has 1 aromatic rings. The fourth-order valence-corrected chi connectivity index (χ4v) is 0.587. The lowest BCUT2D eigenvalue weighted by Crippen LogP contribution is -2.17. The molecule has 0 unspecified atom stereocenters. The van der Waals surface area contributed by atoms with Gasteiger partial charge < -0.3 is 5.32 Å². The van der Waals surface area contributed by atoms with Crippen molar-refractivity contribution < 1.29 is 4.79 Å². The van der Waals surface area contributed by atoms with E-state index in [4.69, 9.17) is 0 Å². The van der Waals surface area contributed by atoms with Gasteiger partial charge in [-0.15, -0.1) is 0 Å². The number of rotatable bonds is 1. The second-order valence-electron chi connectivity index (χ2n) is 1.74. The van der Waals surface area contributed by atoms with Gasteiger partial charge in [-0.3, -0.25) is 9.78 Å². The molecule has 0 aromatic carbocycles. The number of hydrogen-bond donors (Lipinski definition) is 1. The molecule has 0 aliphatic carbocycles. The van der Waals surface area contributed by atoms with Gasteiger partial charge in [0, 0.05) is 13.2 Å². The van der Waals surface area contributed by atoms with Crippen LogP contribution in [0, 0.1) is 6.20 Å². The number of nitrogens with one attached hydrogen (secondary N) is 1. The Hall–Kier alpha value is -1.38. The van der Waals surface area contributed by atoms with Gasteiger partial charge >= 0.3 is 0 Å². The molecule has 1 rings (SSSR count). The molecule has 51 valence electrons. The highest BCUT2D eigenvalue weighted by Crippen LogP contribution is 1.92. The third-order valence-corrected chi connectivity index (χ3v) is 1.08. The van der Waals surface area contributed by atoms with Gasteiger partial charge in [0.25, 0.3) is 5.91 Å². The summed E-state index contributed by atoms with van der Waals surface area (Å²) in [5, 5.41) is 2.47. The second kappa shape index (κ2) is 2.96. The second-order valence-corrected chi connectivity index (χ2v) is 1.74. The Morgan fingerprint density at radius 1 is 1.80 bits per heavy atom. The smallest absolute Gasteiger partial charge is 0.253 e. The Balaban J connectivity index is 2.85. The molecular formula is C7H7N2O. The summed E-state index contributed by atoms with van der Waals surface area (Å²) in [7, 11) is 1.57. The zero-order chi connectivity index (χ0) is 7.40. The molecule has 0 saturated carbocycles. The van der Waals surface area contributed by atoms with Crippen LogP contribution < -0.4 is 5.32 Å². The minimum absolute atomic E-state index is 0.159. The molecule has 0 atom stereocenters. The summed E-state index contributed by atoms with van der Waals surface area (Å²) in [5.74, 6) is -0.159. The molecule has 0 spiro atoms. The third-order valence-electron chi connectivity index (χ3n) is 1.08. The Morgan fingerprint density at radius 2 is 2.60 bits per heavy atom. The number of hydrogen-bond acceptors (Lipinski definition) is 2. The number of carbonyl (C=O) groups excluding carboxylic acids is 1. The Bertz CT molecular complexity index is 220. The first-order valence-corrected chi connectivity index (χ1v) is 2.89. The van der Waals surface area contributed by atoms with Crippen LogP contribution in [0.4, 0.5) is 0 Å². The normalized spacial score (nSPS) is 8.90. The molecule has 1 radical (unpaired) electrons. The average Bonchev–Trinajstić information content (AvgIpc) is 2.05. The van der Waals surface area contributed by atoms with Crippen molar-refractivity contribution >= 4 is 5.91 Å². The van der Waals surface area contributed by atoms with Gasteiger partial charge in [-0.05, 0) is 12.1 Å². The number of nitrogens with zero attached hydrogens (tertiary/aromatic N) is 1. The summed E-state index contributed by atoms with van der Waals surface area (Å²) < 4.78 is 0. The van der Waals surface area contributed by atoms with E-state index in [1.165, 1.54) is 0 Å². The molecule has 0 fully saturated rings. The lowest BCUT2D eigenvalue weighted by Gasteiger charge is -1.94. The molecule has 3 heteroatoms. The topological polar surface area (TPSA) is 42.0 Å². The van der Waals surface area contributed by atoms with Gasteiger partial charge in [0.2, 0.25) is 0 Å². The van der Waals surface area contributed by atoms with Gasteiger partial charge in [-0.2, -0.15) is 0 Å². The van der Waals surface area contributed by atoms with Crippen molar-refractivity contribution in [3.63, 3.8) is 0 Å². The van der Waals surface area contributed by atoms with E-state index < -0.39 is 0 Å². The van der Waals surface area contributed by atoms with Crippen molar-refractivity contribution in [2.75, 3.05) is 7.05 Å². The van der Waals surface area contributed by atoms with Gasteiger partial charge in [0.05, 0.1) is 5.56 Å². The minimum atomic E-state index is -0.159. The highest BCUT2D eigenvalue weighted by Gasteiger charge is 1.99. The van der Waals surface area contributed by atoms with E-state index in [1.54, 1.807) is 25.4 Å². The predicted octanol–water partition coefficient (Wildman–Crippen LogP) is 0.241. The monoisotopic (exact) mass is 135 g/mol. The minimum Gasteiger partial charge on any atom is -0.355 e. The van der Waals surface area contributed by atoms with Gasteiger partial charge in [0.15, 0.2) is 0 Å². The Kier molecular flexibility index (Phi) is 1.99. The molecule has 0 saturated heterocycles. The van der Waals surface area contributed by atoms with Crippen LogP contribution in [0.2, 0.25) is 0 Å². The summed E-state index contributed by atoms with van der Waals surface area (Å²) in [6.07, 6.45) is 4.13. The van der Waals surface area contributed by atoms with Crippen LogP contribution in [0.5, 0.6) is 0 Å². The van der Waals surface area contributed by atoms with Crippen molar-refractivity contribution in [1.29, 1.82) is 0 Å². The van der Waals surface area contributed by atoms with Crippen LogP contribution in [0.3, 0.4) is 0 Å². The van der Waals surface area contributed by atoms with Crippen LogP contribution in [0.15, 0.2) is 18.3 Å². The van der Waals surface area contributed by atoms with Crippen LogP contribution in [0.25, 0.3) is 0 Å². The van der Waals surface area contributed by atoms with Gasteiger partial charge in [-0.25, -0.2) is 0 Å². The molecule has 0 bridgehead atoms. The Labute approximate surface area is 59.1 Å². The zero-order valence-electron chi connectivity index (χ0n) is 5.59. The molecule has 0 aliphatic rings. The van der Waals surface area contributed by atoms with E-state index >= 15 is 0 Å². The highest BCUT2D eigenvalue weighted by molar-refractivity contribution is 5.93. The summed E-state index contributed by atoms with van der Waals surface area (Å²) >= 11 is 0. The van der Waals surface area contributed by atoms with Gasteiger partial charge in [-0.1, -0.05) is 0 Å². The summed E-state index contributed by atoms with van der Waals surface area (Å²) in [4.78, 5) is 14.5. The van der Waals surface area contributed by atoms with Crippen molar-refractivity contribution in [2.45, 2.75) is 0 Å². The van der Waals surface area contributed by atoms with Crippen molar-refractivity contribution in [1.82, 2.24) is 10.3 Å². The van der Waals surface area contributed by atoms with E-state index in [0.29, 0.717) is 5.56 Å². The summed E-state index contributed by atoms with van der Waals surface area (Å²) in [6, 6.07) is 3.35. The molecule has 10 heavy (non-hydrogen) atoms. The maximum atomic E-state index is 10.8. The summed E-state index contributed by atoms with van der Waals surface area (Å²) in [6.45, 7) is 0. The fourth-order valence-electron chi connectivity index (χ4n) is 0.587. The molecule has 1 amide bonds. The SMILES string of the molecule is CNC(=O)c1[c]nccc1. The lowest BCUT2D eigenvalue weighted by molar-refractivity contribution is 0.0962. The largest absolute Gasteiger partial charge is 0.355 e. The third kappa shape index (κ3) is 1.31. The van der Waals surface area contributed by atoms with E-state index in [9.17, 15) is 4.79 Å². The summed E-state index contributed by atoms with van der Waals surface area (Å²) in [5.41, 5.74) is 0.463. The molecule has 3 nitrogen and oxygen atoms in total. The van der Waals surface area contributed by atoms with E-state index in [-0.39, 0.29) is 5.91 Å². The molecular weight excluding hydrogens is 128 g/mol. The fraction of sp³-hybridized carbons (Fsp3) is 0.143. The van der Waals surface area contributed by atoms with Crippen molar-refractivity contribution in [3.05, 3.63) is 30.1 Å². The standard InChI is InChI=1S/C7H7N2O/c1-8-7(10)6-3-2-4-9-5-6/h2-4H,1H3,(H,8,10). The first kappa shape index (κ1) is 6.74. The van der Waals surface area contributed by atoms with Crippen LogP contribution in [-0.4, -0.2) is 17.9 Å². The predicted molar refractivity (Wildman–Crippen MR) is 36.5 cm³/mol. The van der Waals surface area contributed by atoms with E-state index in [1.807, 2.05) is 0 Å². The number of amides is 1. The average molecular weight is 135 g/mol. The zero-order valence-corrected chi connectivity index (χ0v) is 5.59. The first-order valence-electron chi connectivity index (χ1n) is 2.89. The number of pyridine rings is 1. The van der Waals surface area contributed by atoms with Crippen molar-refractivity contribution in [3.8, 4) is 0 Å². The van der Waals surface area contributed by atoms with Gasteiger partial charge in [0.1, 0.15) is 6.20 Å². The lowest BCUT2D eigenvalue weighted by atomic mass is 10.3. The van der Waals surface area contributed by atoms with Crippen LogP contribution in [0.1, 0.15) is 10.4 Å². The van der Waals surface area contributed by atoms with E-state index in [2.05, 4.69) is 16.5 Å². The van der Waals surface area contributed by atoms with Crippen molar-refractivity contribution in [2.24, 2.45) is 0 Å². The number of aromatic nitrogens is 1. The highest BCUT2D eigenvalue weighted by atomic mass is 16.1.